The van der Waals surface area contributed by atoms with E-state index >= 15 is 0 Å². The van der Waals surface area contributed by atoms with E-state index in [2.05, 4.69) is 37.8 Å². The molecule has 1 aromatic heterocycles. The molecule has 0 fully saturated rings. The van der Waals surface area contributed by atoms with Gasteiger partial charge in [-0.2, -0.15) is 0 Å². The first-order valence-electron chi connectivity index (χ1n) is 22.6. The molecule has 6 aromatic rings. The second-order valence-electron chi connectivity index (χ2n) is 16.5. The van der Waals surface area contributed by atoms with Gasteiger partial charge in [-0.25, -0.2) is 12.8 Å². The van der Waals surface area contributed by atoms with E-state index in [1.54, 1.807) is 48.2 Å². The zero-order chi connectivity index (χ0) is 49.3. The van der Waals surface area contributed by atoms with Crippen molar-refractivity contribution in [3.05, 3.63) is 160 Å². The number of sulfonamides is 1. The molecule has 1 atom stereocenters. The number of aromatic nitrogens is 1. The van der Waals surface area contributed by atoms with Gasteiger partial charge >= 0.3 is 0 Å². The first kappa shape index (κ1) is 51.9. The molecule has 0 aliphatic rings. The van der Waals surface area contributed by atoms with Crippen LogP contribution in [0.2, 0.25) is 0 Å². The number of nitro groups is 1. The van der Waals surface area contributed by atoms with Crippen molar-refractivity contribution in [1.82, 2.24) is 25.4 Å². The lowest BCUT2D eigenvalue weighted by molar-refractivity contribution is -0.384. The molecule has 0 saturated carbocycles. The molecule has 69 heavy (non-hydrogen) atoms. The maximum Gasteiger partial charge on any atom is 0.293 e. The number of nitro benzene ring substituents is 1. The zero-order valence-corrected chi connectivity index (χ0v) is 40.9. The number of amides is 1. The third kappa shape index (κ3) is 14.5. The van der Waals surface area contributed by atoms with Gasteiger partial charge in [0.25, 0.3) is 21.6 Å². The number of nitrogens with zero attached hydrogens (tertiary/aromatic N) is 3. The predicted octanol–water partition coefficient (Wildman–Crippen LogP) is 7.82. The monoisotopic (exact) mass is 974 g/mol. The average molecular weight is 975 g/mol. The fraction of sp³-hybridized carbons (Fsp3) is 0.288. The maximum atomic E-state index is 14.2. The van der Waals surface area contributed by atoms with Crippen molar-refractivity contribution in [3.8, 4) is 34.2 Å². The number of aliphatic hydroxyl groups excluding tert-OH is 1. The van der Waals surface area contributed by atoms with Gasteiger partial charge in [-0.1, -0.05) is 42.2 Å². The Morgan fingerprint density at radius 1 is 0.884 bits per heavy atom. The number of anilines is 2. The zero-order valence-electron chi connectivity index (χ0n) is 39.2. The quantitative estimate of drug-likeness (QED) is 0.0114. The molecule has 1 heterocycles. The molecule has 362 valence electrons. The Balaban J connectivity index is 1.21. The molecule has 17 heteroatoms. The molecule has 1 amide bonds. The normalized spacial score (nSPS) is 11.8. The van der Waals surface area contributed by atoms with Crippen LogP contribution in [0, 0.1) is 34.7 Å². The summed E-state index contributed by atoms with van der Waals surface area (Å²) >= 11 is 1.64. The number of likely N-dealkylation sites (N-methyl/N-ethyl adjacent to an activating group) is 1. The third-order valence-corrected chi connectivity index (χ3v) is 13.7. The first-order chi connectivity index (χ1) is 33.3. The van der Waals surface area contributed by atoms with Gasteiger partial charge in [-0.05, 0) is 150 Å². The number of thioether (sulfide) groups is 1. The summed E-state index contributed by atoms with van der Waals surface area (Å²) in [4.78, 5) is 28.6. The lowest BCUT2D eigenvalue weighted by Gasteiger charge is -2.22. The van der Waals surface area contributed by atoms with Crippen LogP contribution in [0.15, 0.2) is 131 Å². The minimum absolute atomic E-state index is 0.139. The summed E-state index contributed by atoms with van der Waals surface area (Å²) < 4.78 is 45.8. The van der Waals surface area contributed by atoms with Gasteiger partial charge in [0, 0.05) is 77.0 Å². The van der Waals surface area contributed by atoms with Gasteiger partial charge in [0.05, 0.1) is 27.7 Å². The van der Waals surface area contributed by atoms with Crippen LogP contribution in [-0.2, 0) is 16.6 Å². The maximum absolute atomic E-state index is 14.2. The van der Waals surface area contributed by atoms with Crippen molar-refractivity contribution in [2.45, 2.75) is 42.1 Å². The number of nitrogens with one attached hydrogen (secondary N) is 5. The highest BCUT2D eigenvalue weighted by Crippen LogP contribution is 2.40. The summed E-state index contributed by atoms with van der Waals surface area (Å²) in [5, 5.41) is 35.2. The van der Waals surface area contributed by atoms with Crippen molar-refractivity contribution in [3.63, 3.8) is 0 Å². The average Bonchev–Trinajstić information content (AvgIpc) is 3.63. The Labute approximate surface area is 408 Å². The predicted molar refractivity (Wildman–Crippen MR) is 275 cm³/mol. The van der Waals surface area contributed by atoms with E-state index < -0.39 is 20.8 Å². The van der Waals surface area contributed by atoms with Crippen LogP contribution in [0.25, 0.3) is 22.4 Å². The molecule has 5 aromatic carbocycles. The van der Waals surface area contributed by atoms with Gasteiger partial charge in [0.2, 0.25) is 0 Å². The van der Waals surface area contributed by atoms with Crippen LogP contribution in [-0.4, -0.2) is 106 Å². The minimum atomic E-state index is -4.23. The van der Waals surface area contributed by atoms with Crippen LogP contribution in [0.1, 0.15) is 40.0 Å². The van der Waals surface area contributed by atoms with Gasteiger partial charge < -0.3 is 35.8 Å². The van der Waals surface area contributed by atoms with Gasteiger partial charge in [0.15, 0.2) is 0 Å². The number of aliphatic hydroxyl groups is 1. The van der Waals surface area contributed by atoms with Crippen molar-refractivity contribution in [1.29, 1.82) is 0 Å². The number of benzene rings is 5. The summed E-state index contributed by atoms with van der Waals surface area (Å²) in [6.45, 7) is 5.41. The molecule has 0 bridgehead atoms. The lowest BCUT2D eigenvalue weighted by Crippen LogP contribution is -2.30. The lowest BCUT2D eigenvalue weighted by atomic mass is 9.95. The SMILES string of the molecule is CNCCNCCCNC(=O)c1c(-c2cccc(C#Cc3ccc(NS(=O)(=O)c4ccc(N[C@H](CCN(C)C)CSc5ccccc5)c([N+](=O)[O-])c4)cc3)c2)c(-c2ccc(F)cc2)n(CCO)c1C. The van der Waals surface area contributed by atoms with E-state index in [9.17, 15) is 32.8 Å². The highest BCUT2D eigenvalue weighted by molar-refractivity contribution is 7.99. The van der Waals surface area contributed by atoms with E-state index in [1.165, 1.54) is 24.3 Å². The molecule has 0 unspecified atom stereocenters. The second kappa shape index (κ2) is 25.2. The van der Waals surface area contributed by atoms with Crippen molar-refractivity contribution < 1.29 is 27.6 Å². The van der Waals surface area contributed by atoms with Gasteiger partial charge in [-0.3, -0.25) is 19.6 Å². The van der Waals surface area contributed by atoms with Crippen LogP contribution in [0.5, 0.6) is 0 Å². The topological polar surface area (TPSA) is 183 Å². The van der Waals surface area contributed by atoms with E-state index in [-0.39, 0.29) is 47.1 Å². The molecular formula is C52H59FN8O6S2. The van der Waals surface area contributed by atoms with Crippen LogP contribution in [0.3, 0.4) is 0 Å². The number of rotatable bonds is 24. The number of halogens is 1. The van der Waals surface area contributed by atoms with Crippen LogP contribution >= 0.6 is 11.8 Å². The van der Waals surface area contributed by atoms with E-state index in [1.807, 2.05) is 92.1 Å². The summed E-state index contributed by atoms with van der Waals surface area (Å²) in [7, 11) is 1.58. The largest absolute Gasteiger partial charge is 0.395 e. The third-order valence-electron chi connectivity index (χ3n) is 11.2. The van der Waals surface area contributed by atoms with Gasteiger partial charge in [0.1, 0.15) is 11.5 Å². The summed E-state index contributed by atoms with van der Waals surface area (Å²) in [6, 6.07) is 33.5. The summed E-state index contributed by atoms with van der Waals surface area (Å²) in [5.74, 6) is 6.28. The molecular weight excluding hydrogens is 916 g/mol. The Morgan fingerprint density at radius 3 is 2.32 bits per heavy atom. The molecule has 6 N–H and O–H groups in total. The second-order valence-corrected chi connectivity index (χ2v) is 19.3. The molecule has 0 spiro atoms. The molecule has 0 saturated heterocycles. The van der Waals surface area contributed by atoms with Gasteiger partial charge in [-0.15, -0.1) is 11.8 Å². The van der Waals surface area contributed by atoms with Crippen LogP contribution in [0.4, 0.5) is 21.5 Å². The fourth-order valence-electron chi connectivity index (χ4n) is 7.65. The minimum Gasteiger partial charge on any atom is -0.395 e. The van der Waals surface area contributed by atoms with Crippen molar-refractivity contribution in [2.24, 2.45) is 0 Å². The standard InChI is InChI=1S/C52H59FN8O6S2/c1-37-49(52(63)56-28-9-27-55-30-29-54-2)50(51(60(37)32-33-62)40-18-20-42(53)21-19-40)41-11-8-10-39(34-41)15-14-38-16-22-43(23-17-38)58-69(66,67)46-24-25-47(48(35-46)61(64)65)57-44(26-31-59(3)4)36-68-45-12-6-5-7-13-45/h5-8,10-13,16-25,34-35,44,54-55,57-58,62H,9,26-33,36H2,1-4H3,(H,56,63)/t44-/m1/s1. The highest BCUT2D eigenvalue weighted by atomic mass is 32.2. The molecule has 6 rings (SSSR count). The molecule has 0 aliphatic heterocycles. The van der Waals surface area contributed by atoms with E-state index in [0.29, 0.717) is 69.9 Å². The van der Waals surface area contributed by atoms with Crippen molar-refractivity contribution in [2.75, 3.05) is 76.3 Å². The smallest absolute Gasteiger partial charge is 0.293 e. The molecule has 0 aliphatic carbocycles. The highest BCUT2D eigenvalue weighted by Gasteiger charge is 2.28. The molecule has 0 radical (unpaired) electrons. The number of carbonyl (C=O) groups is 1. The first-order valence-corrected chi connectivity index (χ1v) is 25.1. The number of hydrogen-bond acceptors (Lipinski definition) is 11. The Kier molecular flexibility index (Phi) is 18.9. The Bertz CT molecular complexity index is 2850. The van der Waals surface area contributed by atoms with Crippen LogP contribution < -0.4 is 26.0 Å². The van der Waals surface area contributed by atoms with E-state index in [4.69, 9.17) is 0 Å². The molecule has 14 nitrogen and oxygen atoms in total. The summed E-state index contributed by atoms with van der Waals surface area (Å²) in [6.07, 6.45) is 1.42. The Hall–Kier alpha value is -6.52. The number of carbonyl (C=O) groups excluding carboxylic acids is 1. The summed E-state index contributed by atoms with van der Waals surface area (Å²) in [5.41, 5.74) is 5.06. The Morgan fingerprint density at radius 2 is 1.62 bits per heavy atom. The van der Waals surface area contributed by atoms with E-state index in [0.717, 1.165) is 37.1 Å². The van der Waals surface area contributed by atoms with Crippen molar-refractivity contribution >= 4 is 44.8 Å². The number of hydrogen-bond donors (Lipinski definition) is 6. The fourth-order valence-corrected chi connectivity index (χ4v) is 9.73.